The fraction of sp³-hybridized carbons (Fsp3) is 0.261. The Morgan fingerprint density at radius 3 is 2.46 bits per heavy atom. The quantitative estimate of drug-likeness (QED) is 0.715. The van der Waals surface area contributed by atoms with Gasteiger partial charge >= 0.3 is 0 Å². The van der Waals surface area contributed by atoms with Crippen molar-refractivity contribution in [1.82, 2.24) is 5.32 Å². The Hall–Kier alpha value is -2.76. The van der Waals surface area contributed by atoms with Gasteiger partial charge in [0.1, 0.15) is 24.9 Å². The maximum Gasteiger partial charge on any atom is 0.251 e. The predicted octanol–water partition coefficient (Wildman–Crippen LogP) is 2.37. The lowest BCUT2D eigenvalue weighted by Gasteiger charge is -2.32. The Morgan fingerprint density at radius 1 is 1.00 bits per heavy atom. The number of carbonyl (C=O) groups excluding carboxylic acids is 1. The van der Waals surface area contributed by atoms with Crippen molar-refractivity contribution in [2.75, 3.05) is 32.8 Å². The number of ether oxygens (including phenoxy) is 1. The van der Waals surface area contributed by atoms with Crippen molar-refractivity contribution >= 4 is 16.7 Å². The second-order valence-electron chi connectivity index (χ2n) is 7.15. The largest absolute Gasteiger partial charge is 0.370 e. The monoisotopic (exact) mass is 379 g/mol. The summed E-state index contributed by atoms with van der Waals surface area (Å²) < 4.78 is 18.8. The Morgan fingerprint density at radius 2 is 1.71 bits per heavy atom. The van der Waals surface area contributed by atoms with Gasteiger partial charge in [0.2, 0.25) is 0 Å². The minimum atomic E-state index is -0.250. The van der Waals surface area contributed by atoms with E-state index >= 15 is 0 Å². The number of amides is 1. The molecule has 2 N–H and O–H groups in total. The van der Waals surface area contributed by atoms with E-state index < -0.39 is 0 Å². The molecule has 1 amide bonds. The van der Waals surface area contributed by atoms with E-state index in [1.807, 2.05) is 54.6 Å². The van der Waals surface area contributed by atoms with Gasteiger partial charge in [0.15, 0.2) is 0 Å². The third kappa shape index (κ3) is 4.21. The molecule has 0 saturated carbocycles. The van der Waals surface area contributed by atoms with Crippen molar-refractivity contribution in [3.05, 3.63) is 83.7 Å². The van der Waals surface area contributed by atoms with Crippen LogP contribution in [0, 0.1) is 5.82 Å². The second-order valence-corrected chi connectivity index (χ2v) is 7.15. The molecule has 1 aliphatic heterocycles. The van der Waals surface area contributed by atoms with Gasteiger partial charge in [-0.15, -0.1) is 0 Å². The van der Waals surface area contributed by atoms with E-state index in [1.165, 1.54) is 17.0 Å². The Balaban J connectivity index is 1.50. The molecular formula is C23H24FN2O2+. The average molecular weight is 379 g/mol. The third-order valence-corrected chi connectivity index (χ3v) is 5.38. The summed E-state index contributed by atoms with van der Waals surface area (Å²) in [5.41, 5.74) is 1.67. The van der Waals surface area contributed by atoms with Crippen molar-refractivity contribution in [2.24, 2.45) is 0 Å². The Bertz CT molecular complexity index is 952. The maximum absolute atomic E-state index is 13.4. The van der Waals surface area contributed by atoms with Crippen LogP contribution >= 0.6 is 0 Å². The van der Waals surface area contributed by atoms with Crippen molar-refractivity contribution in [1.29, 1.82) is 0 Å². The number of hydrogen-bond donors (Lipinski definition) is 2. The standard InChI is InChI=1S/C23H23FN2O2/c24-21-9-7-18(8-10-21)22(26-11-13-28-14-12-26)16-25-23(27)20-6-5-17-3-1-2-4-19(17)15-20/h1-10,15,22H,11-14,16H2,(H,25,27)/p+1/t22-/m1/s1. The van der Waals surface area contributed by atoms with Gasteiger partial charge in [0.05, 0.1) is 19.8 Å². The molecule has 144 valence electrons. The fourth-order valence-electron chi connectivity index (χ4n) is 3.80. The first kappa shape index (κ1) is 18.6. The highest BCUT2D eigenvalue weighted by Crippen LogP contribution is 2.16. The van der Waals surface area contributed by atoms with Crippen molar-refractivity contribution in [2.45, 2.75) is 6.04 Å². The van der Waals surface area contributed by atoms with Crippen LogP contribution < -0.4 is 10.2 Å². The Labute approximate surface area is 163 Å². The molecule has 1 atom stereocenters. The van der Waals surface area contributed by atoms with Gasteiger partial charge in [0.25, 0.3) is 5.91 Å². The molecule has 0 radical (unpaired) electrons. The van der Waals surface area contributed by atoms with Crippen LogP contribution in [0.4, 0.5) is 4.39 Å². The molecule has 4 nitrogen and oxygen atoms in total. The van der Waals surface area contributed by atoms with E-state index in [4.69, 9.17) is 4.74 Å². The van der Waals surface area contributed by atoms with Gasteiger partial charge in [-0.25, -0.2) is 4.39 Å². The number of carbonyl (C=O) groups is 1. The molecule has 3 aromatic carbocycles. The molecule has 0 unspecified atom stereocenters. The summed E-state index contributed by atoms with van der Waals surface area (Å²) in [5.74, 6) is -0.342. The minimum Gasteiger partial charge on any atom is -0.370 e. The number of quaternary nitrogens is 1. The fourth-order valence-corrected chi connectivity index (χ4v) is 3.80. The van der Waals surface area contributed by atoms with Crippen LogP contribution in [-0.2, 0) is 4.74 Å². The second kappa shape index (κ2) is 8.50. The first-order valence-electron chi connectivity index (χ1n) is 9.65. The van der Waals surface area contributed by atoms with Gasteiger partial charge in [-0.1, -0.05) is 42.5 Å². The van der Waals surface area contributed by atoms with Crippen LogP contribution in [0.3, 0.4) is 0 Å². The van der Waals surface area contributed by atoms with Gasteiger partial charge in [0, 0.05) is 11.1 Å². The lowest BCUT2D eigenvalue weighted by molar-refractivity contribution is -0.937. The molecule has 0 aromatic heterocycles. The van der Waals surface area contributed by atoms with Crippen LogP contribution in [0.2, 0.25) is 0 Å². The summed E-state index contributed by atoms with van der Waals surface area (Å²) in [6, 6.07) is 20.4. The first-order valence-corrected chi connectivity index (χ1v) is 9.65. The summed E-state index contributed by atoms with van der Waals surface area (Å²) in [7, 11) is 0. The van der Waals surface area contributed by atoms with Gasteiger partial charge in [-0.3, -0.25) is 4.79 Å². The SMILES string of the molecule is O=C(NC[C@H](c1ccc(F)cc1)[NH+]1CCOCC1)c1ccc2ccccc2c1. The zero-order valence-electron chi connectivity index (χ0n) is 15.7. The van der Waals surface area contributed by atoms with E-state index in [0.29, 0.717) is 25.3 Å². The summed E-state index contributed by atoms with van der Waals surface area (Å²) in [6.45, 7) is 3.63. The van der Waals surface area contributed by atoms with Crippen molar-refractivity contribution in [3.63, 3.8) is 0 Å². The zero-order chi connectivity index (χ0) is 19.3. The summed E-state index contributed by atoms with van der Waals surface area (Å²) in [4.78, 5) is 14.1. The molecular weight excluding hydrogens is 355 g/mol. The van der Waals surface area contributed by atoms with Crippen LogP contribution in [0.5, 0.6) is 0 Å². The van der Waals surface area contributed by atoms with Gasteiger partial charge in [-0.2, -0.15) is 0 Å². The van der Waals surface area contributed by atoms with Crippen LogP contribution in [-0.4, -0.2) is 38.8 Å². The van der Waals surface area contributed by atoms with E-state index in [-0.39, 0.29) is 17.8 Å². The molecule has 28 heavy (non-hydrogen) atoms. The normalized spacial score (nSPS) is 16.0. The summed E-state index contributed by atoms with van der Waals surface area (Å²) >= 11 is 0. The molecule has 5 heteroatoms. The van der Waals surface area contributed by atoms with Crippen molar-refractivity contribution < 1.29 is 18.8 Å². The van der Waals surface area contributed by atoms with E-state index in [9.17, 15) is 9.18 Å². The molecule has 0 spiro atoms. The minimum absolute atomic E-state index is 0.0638. The number of fused-ring (bicyclic) bond motifs is 1. The number of rotatable bonds is 5. The number of halogens is 1. The van der Waals surface area contributed by atoms with Gasteiger partial charge in [-0.05, 0) is 35.0 Å². The highest BCUT2D eigenvalue weighted by Gasteiger charge is 2.27. The van der Waals surface area contributed by atoms with Crippen LogP contribution in [0.1, 0.15) is 22.0 Å². The molecule has 1 aliphatic rings. The third-order valence-electron chi connectivity index (χ3n) is 5.38. The molecule has 0 bridgehead atoms. The molecule has 1 fully saturated rings. The Kier molecular flexibility index (Phi) is 5.65. The number of hydrogen-bond acceptors (Lipinski definition) is 2. The summed E-state index contributed by atoms with van der Waals surface area (Å²) in [6.07, 6.45) is 0. The highest BCUT2D eigenvalue weighted by atomic mass is 19.1. The number of benzene rings is 3. The predicted molar refractivity (Wildman–Crippen MR) is 107 cm³/mol. The van der Waals surface area contributed by atoms with E-state index in [0.717, 1.165) is 29.4 Å². The lowest BCUT2D eigenvalue weighted by atomic mass is 10.0. The van der Waals surface area contributed by atoms with E-state index in [2.05, 4.69) is 5.32 Å². The topological polar surface area (TPSA) is 42.8 Å². The smallest absolute Gasteiger partial charge is 0.251 e. The molecule has 1 saturated heterocycles. The molecule has 4 rings (SSSR count). The zero-order valence-corrected chi connectivity index (χ0v) is 15.7. The molecule has 1 heterocycles. The highest BCUT2D eigenvalue weighted by molar-refractivity contribution is 5.98. The average Bonchev–Trinajstić information content (AvgIpc) is 2.75. The maximum atomic E-state index is 13.4. The number of nitrogens with one attached hydrogen (secondary N) is 2. The molecule has 3 aromatic rings. The first-order chi connectivity index (χ1) is 13.7. The number of morpholine rings is 1. The summed E-state index contributed by atoms with van der Waals surface area (Å²) in [5, 5.41) is 5.24. The van der Waals surface area contributed by atoms with Crippen LogP contribution in [0.15, 0.2) is 66.7 Å². The van der Waals surface area contributed by atoms with Crippen molar-refractivity contribution in [3.8, 4) is 0 Å². The molecule has 0 aliphatic carbocycles. The van der Waals surface area contributed by atoms with Gasteiger partial charge < -0.3 is 15.0 Å². The van der Waals surface area contributed by atoms with E-state index in [1.54, 1.807) is 0 Å². The van der Waals surface area contributed by atoms with Crippen LogP contribution in [0.25, 0.3) is 10.8 Å². The lowest BCUT2D eigenvalue weighted by Crippen LogP contribution is -3.15.